The largest absolute Gasteiger partial charge is 0.422 e. The average molecular weight is 389 g/mol. The minimum absolute atomic E-state index is 0.382. The molecule has 0 aliphatic rings. The quantitative estimate of drug-likeness (QED) is 0.427. The van der Waals surface area contributed by atoms with Gasteiger partial charge in [-0.2, -0.15) is 0 Å². The predicted octanol–water partition coefficient (Wildman–Crippen LogP) is 5.74. The number of fused-ring (bicyclic) bond motifs is 2. The summed E-state index contributed by atoms with van der Waals surface area (Å²) < 4.78 is 5.72. The summed E-state index contributed by atoms with van der Waals surface area (Å²) in [7, 11) is 0. The molecule has 2 aromatic heterocycles. The lowest BCUT2D eigenvalue weighted by Gasteiger charge is -2.36. The van der Waals surface area contributed by atoms with Crippen molar-refractivity contribution in [3.8, 4) is 11.4 Å². The zero-order chi connectivity index (χ0) is 20.5. The lowest BCUT2D eigenvalue weighted by Crippen LogP contribution is -2.39. The summed E-state index contributed by atoms with van der Waals surface area (Å²) in [5.41, 5.74) is 3.48. The van der Waals surface area contributed by atoms with Crippen LogP contribution in [0.5, 0.6) is 0 Å². The van der Waals surface area contributed by atoms with Crippen LogP contribution in [0.3, 0.4) is 0 Å². The number of benzene rings is 2. The molecule has 2 heterocycles. The fourth-order valence-electron chi connectivity index (χ4n) is 3.84. The Morgan fingerprint density at radius 2 is 1.76 bits per heavy atom. The first kappa shape index (κ1) is 19.2. The molecule has 0 saturated heterocycles. The highest BCUT2D eigenvalue weighted by molar-refractivity contribution is 5.85. The van der Waals surface area contributed by atoms with Crippen molar-refractivity contribution in [2.75, 3.05) is 4.90 Å². The van der Waals surface area contributed by atoms with E-state index < -0.39 is 0 Å². The third-order valence-corrected chi connectivity index (χ3v) is 5.79. The lowest BCUT2D eigenvalue weighted by atomic mass is 10.1. The van der Waals surface area contributed by atoms with E-state index in [2.05, 4.69) is 48.6 Å². The third-order valence-electron chi connectivity index (χ3n) is 5.79. The second kappa shape index (κ2) is 7.74. The Hall–Kier alpha value is -3.08. The minimum atomic E-state index is -0.382. The monoisotopic (exact) mass is 389 g/mol. The fourth-order valence-corrected chi connectivity index (χ4v) is 3.84. The number of hydrogen-bond donors (Lipinski definition) is 1. The van der Waals surface area contributed by atoms with Crippen LogP contribution in [0.1, 0.15) is 40.5 Å². The second-order valence-electron chi connectivity index (χ2n) is 7.69. The number of imidazole rings is 1. The van der Waals surface area contributed by atoms with Crippen LogP contribution in [0.2, 0.25) is 0 Å². The van der Waals surface area contributed by atoms with Crippen LogP contribution in [0.4, 0.5) is 5.69 Å². The van der Waals surface area contributed by atoms with Crippen LogP contribution in [-0.4, -0.2) is 22.1 Å². The molecule has 150 valence electrons. The van der Waals surface area contributed by atoms with Gasteiger partial charge in [-0.15, -0.1) is 0 Å². The molecule has 2 aromatic carbocycles. The molecule has 0 aliphatic carbocycles. The zero-order valence-electron chi connectivity index (χ0n) is 17.4. The third kappa shape index (κ3) is 3.53. The topological polar surface area (TPSA) is 62.1 Å². The van der Waals surface area contributed by atoms with Gasteiger partial charge in [0.25, 0.3) is 0 Å². The summed E-state index contributed by atoms with van der Waals surface area (Å²) >= 11 is 0. The number of H-pyrrole nitrogens is 1. The zero-order valence-corrected chi connectivity index (χ0v) is 17.4. The van der Waals surface area contributed by atoms with Crippen molar-refractivity contribution in [1.82, 2.24) is 9.97 Å². The maximum Gasteiger partial charge on any atom is 0.347 e. The molecule has 5 nitrogen and oxygen atoms in total. The molecule has 4 rings (SSSR count). The van der Waals surface area contributed by atoms with Gasteiger partial charge in [-0.05, 0) is 57.0 Å². The van der Waals surface area contributed by atoms with E-state index in [4.69, 9.17) is 4.42 Å². The van der Waals surface area contributed by atoms with E-state index in [1.54, 1.807) is 0 Å². The van der Waals surface area contributed by atoms with Crippen LogP contribution in [0, 0.1) is 0 Å². The lowest BCUT2D eigenvalue weighted by molar-refractivity contribution is 0.526. The smallest absolute Gasteiger partial charge is 0.347 e. The molecule has 0 amide bonds. The minimum Gasteiger partial charge on any atom is -0.422 e. The van der Waals surface area contributed by atoms with E-state index in [0.29, 0.717) is 29.1 Å². The van der Waals surface area contributed by atoms with Crippen molar-refractivity contribution >= 4 is 27.7 Å². The molecule has 0 aliphatic heterocycles. The molecule has 4 aromatic rings. The van der Waals surface area contributed by atoms with Gasteiger partial charge in [-0.3, -0.25) is 0 Å². The van der Waals surface area contributed by atoms with Gasteiger partial charge in [0.05, 0.1) is 11.0 Å². The summed E-state index contributed by atoms with van der Waals surface area (Å²) in [5.74, 6) is 0.534. The molecule has 1 N–H and O–H groups in total. The summed E-state index contributed by atoms with van der Waals surface area (Å²) in [6.45, 7) is 8.86. The molecular formula is C24H27N3O2. The molecule has 0 radical (unpaired) electrons. The van der Waals surface area contributed by atoms with Crippen LogP contribution in [-0.2, 0) is 0 Å². The Labute approximate surface area is 170 Å². The van der Waals surface area contributed by atoms with Gasteiger partial charge >= 0.3 is 5.63 Å². The van der Waals surface area contributed by atoms with E-state index in [-0.39, 0.29) is 5.63 Å². The van der Waals surface area contributed by atoms with E-state index >= 15 is 0 Å². The molecule has 2 unspecified atom stereocenters. The highest BCUT2D eigenvalue weighted by atomic mass is 16.4. The number of nitrogens with one attached hydrogen (secondary N) is 1. The number of anilines is 1. The Balaban J connectivity index is 1.79. The van der Waals surface area contributed by atoms with Gasteiger partial charge in [0.1, 0.15) is 17.0 Å². The highest BCUT2D eigenvalue weighted by Gasteiger charge is 2.20. The van der Waals surface area contributed by atoms with E-state index in [1.165, 1.54) is 0 Å². The van der Waals surface area contributed by atoms with Crippen LogP contribution in [0.15, 0.2) is 57.7 Å². The van der Waals surface area contributed by atoms with Crippen molar-refractivity contribution in [2.24, 2.45) is 0 Å². The number of rotatable bonds is 6. The standard InChI is InChI=1S/C24H27N3O2/c1-5-15(3)27(16(4)6-2)18-12-11-17-13-19(24(28)29-22(17)14-18)23-25-20-9-7-8-10-21(20)26-23/h7-16H,5-6H2,1-4H3,(H,25,26). The van der Waals surface area contributed by atoms with Crippen molar-refractivity contribution in [3.05, 3.63) is 59.0 Å². The van der Waals surface area contributed by atoms with Crippen molar-refractivity contribution in [1.29, 1.82) is 0 Å². The van der Waals surface area contributed by atoms with Crippen molar-refractivity contribution in [3.63, 3.8) is 0 Å². The Kier molecular flexibility index (Phi) is 5.14. The fraction of sp³-hybridized carbons (Fsp3) is 0.333. The van der Waals surface area contributed by atoms with Crippen LogP contribution in [0.25, 0.3) is 33.4 Å². The molecule has 2 atom stereocenters. The summed E-state index contributed by atoms with van der Waals surface area (Å²) in [5, 5.41) is 0.886. The summed E-state index contributed by atoms with van der Waals surface area (Å²) in [4.78, 5) is 22.9. The molecule has 0 fully saturated rings. The van der Waals surface area contributed by atoms with Gasteiger partial charge in [0.2, 0.25) is 0 Å². The molecule has 0 spiro atoms. The molecular weight excluding hydrogens is 362 g/mol. The molecule has 0 saturated carbocycles. The van der Waals surface area contributed by atoms with Crippen LogP contribution < -0.4 is 10.5 Å². The molecule has 0 bridgehead atoms. The summed E-state index contributed by atoms with van der Waals surface area (Å²) in [6, 6.07) is 16.5. The van der Waals surface area contributed by atoms with Crippen molar-refractivity contribution < 1.29 is 4.42 Å². The Morgan fingerprint density at radius 1 is 1.03 bits per heavy atom. The maximum absolute atomic E-state index is 12.7. The Morgan fingerprint density at radius 3 is 2.45 bits per heavy atom. The first-order valence-electron chi connectivity index (χ1n) is 10.3. The first-order chi connectivity index (χ1) is 14.0. The normalized spacial score (nSPS) is 13.7. The van der Waals surface area contributed by atoms with E-state index in [9.17, 15) is 4.79 Å². The predicted molar refractivity (Wildman–Crippen MR) is 120 cm³/mol. The van der Waals surface area contributed by atoms with Gasteiger partial charge in [-0.25, -0.2) is 9.78 Å². The summed E-state index contributed by atoms with van der Waals surface area (Å²) in [6.07, 6.45) is 2.11. The number of para-hydroxylation sites is 2. The van der Waals surface area contributed by atoms with E-state index in [1.807, 2.05) is 42.5 Å². The number of aromatic nitrogens is 2. The second-order valence-corrected chi connectivity index (χ2v) is 7.69. The number of hydrogen-bond acceptors (Lipinski definition) is 4. The molecule has 5 heteroatoms. The van der Waals surface area contributed by atoms with Gasteiger partial charge in [0.15, 0.2) is 0 Å². The molecule has 29 heavy (non-hydrogen) atoms. The number of aromatic amines is 1. The van der Waals surface area contributed by atoms with Gasteiger partial charge in [0, 0.05) is 29.2 Å². The maximum atomic E-state index is 12.7. The average Bonchev–Trinajstić information content (AvgIpc) is 3.16. The Bertz CT molecular complexity index is 1160. The highest BCUT2D eigenvalue weighted by Crippen LogP contribution is 2.28. The van der Waals surface area contributed by atoms with Crippen LogP contribution >= 0.6 is 0 Å². The first-order valence-corrected chi connectivity index (χ1v) is 10.3. The van der Waals surface area contributed by atoms with Gasteiger partial charge in [-0.1, -0.05) is 26.0 Å². The number of nitrogens with zero attached hydrogens (tertiary/aromatic N) is 2. The van der Waals surface area contributed by atoms with E-state index in [0.717, 1.165) is 34.9 Å². The SMILES string of the molecule is CCC(C)N(c1ccc2cc(-c3nc4ccccc4[nH]3)c(=O)oc2c1)C(C)CC. The van der Waals surface area contributed by atoms with Crippen molar-refractivity contribution in [2.45, 2.75) is 52.6 Å². The van der Waals surface area contributed by atoms with Gasteiger partial charge < -0.3 is 14.3 Å².